The molecule has 0 aliphatic carbocycles. The third-order valence-electron chi connectivity index (χ3n) is 3.38. The van der Waals surface area contributed by atoms with Gasteiger partial charge in [-0.25, -0.2) is 0 Å². The summed E-state index contributed by atoms with van der Waals surface area (Å²) in [6.07, 6.45) is 1.29. The quantitative estimate of drug-likeness (QED) is 0.814. The molecule has 1 atom stereocenters. The van der Waals surface area contributed by atoms with E-state index >= 15 is 0 Å². The molecule has 1 N–H and O–H groups in total. The van der Waals surface area contributed by atoms with Gasteiger partial charge in [-0.05, 0) is 50.1 Å². The van der Waals surface area contributed by atoms with Crippen molar-refractivity contribution in [3.8, 4) is 5.75 Å². The number of hydrogen-bond acceptors (Lipinski definition) is 2. The van der Waals surface area contributed by atoms with Gasteiger partial charge < -0.3 is 10.1 Å². The fourth-order valence-corrected chi connectivity index (χ4v) is 1.88. The molecule has 0 aliphatic rings. The van der Waals surface area contributed by atoms with Crippen LogP contribution in [-0.4, -0.2) is 6.10 Å². The summed E-state index contributed by atoms with van der Waals surface area (Å²) in [5.41, 5.74) is 3.69. The lowest BCUT2D eigenvalue weighted by Gasteiger charge is -2.13. The Morgan fingerprint density at radius 1 is 1.00 bits per heavy atom. The molecular weight excluding hydrogens is 246 g/mol. The Kier molecular flexibility index (Phi) is 5.05. The molecule has 2 rings (SSSR count). The minimum absolute atomic E-state index is 0.265. The summed E-state index contributed by atoms with van der Waals surface area (Å²) in [6, 6.07) is 16.7. The monoisotopic (exact) mass is 269 g/mol. The maximum absolute atomic E-state index is 5.77. The maximum atomic E-state index is 5.77. The van der Waals surface area contributed by atoms with Crippen molar-refractivity contribution in [2.45, 2.75) is 39.8 Å². The molecule has 2 aromatic rings. The molecule has 2 nitrogen and oxygen atoms in total. The molecule has 20 heavy (non-hydrogen) atoms. The Morgan fingerprint density at radius 3 is 2.25 bits per heavy atom. The van der Waals surface area contributed by atoms with E-state index in [-0.39, 0.29) is 6.10 Å². The number of benzene rings is 2. The molecule has 0 spiro atoms. The summed E-state index contributed by atoms with van der Waals surface area (Å²) in [6.45, 7) is 7.16. The zero-order chi connectivity index (χ0) is 14.4. The highest BCUT2D eigenvalue weighted by Gasteiger charge is 2.01. The molecule has 106 valence electrons. The zero-order valence-electron chi connectivity index (χ0n) is 12.5. The van der Waals surface area contributed by atoms with Crippen LogP contribution in [0, 0.1) is 6.92 Å². The first-order valence-corrected chi connectivity index (χ1v) is 7.23. The van der Waals surface area contributed by atoms with E-state index in [0.29, 0.717) is 0 Å². The number of ether oxygens (including phenoxy) is 1. The van der Waals surface area contributed by atoms with E-state index in [1.54, 1.807) is 0 Å². The van der Waals surface area contributed by atoms with Crippen LogP contribution in [0.3, 0.4) is 0 Å². The van der Waals surface area contributed by atoms with E-state index in [1.165, 1.54) is 11.1 Å². The molecule has 2 heteroatoms. The van der Waals surface area contributed by atoms with Gasteiger partial charge in [0.25, 0.3) is 0 Å². The van der Waals surface area contributed by atoms with Gasteiger partial charge in [-0.1, -0.05) is 36.8 Å². The summed E-state index contributed by atoms with van der Waals surface area (Å²) >= 11 is 0. The summed E-state index contributed by atoms with van der Waals surface area (Å²) in [5.74, 6) is 0.931. The van der Waals surface area contributed by atoms with Gasteiger partial charge >= 0.3 is 0 Å². The molecule has 0 fully saturated rings. The molecule has 1 unspecified atom stereocenters. The number of anilines is 1. The van der Waals surface area contributed by atoms with Gasteiger partial charge in [0.15, 0.2) is 0 Å². The second kappa shape index (κ2) is 6.99. The van der Waals surface area contributed by atoms with Crippen LogP contribution in [0.1, 0.15) is 31.4 Å². The summed E-state index contributed by atoms with van der Waals surface area (Å²) in [7, 11) is 0. The van der Waals surface area contributed by atoms with Crippen LogP contribution >= 0.6 is 0 Å². The Balaban J connectivity index is 1.89. The molecule has 0 aromatic heterocycles. The van der Waals surface area contributed by atoms with Crippen molar-refractivity contribution in [2.24, 2.45) is 0 Å². The molecule has 0 heterocycles. The van der Waals surface area contributed by atoms with Gasteiger partial charge in [-0.15, -0.1) is 0 Å². The van der Waals surface area contributed by atoms with Gasteiger partial charge in [0.1, 0.15) is 5.75 Å². The minimum Gasteiger partial charge on any atom is -0.491 e. The molecule has 0 radical (unpaired) electrons. The van der Waals surface area contributed by atoms with Gasteiger partial charge in [0, 0.05) is 12.2 Å². The Labute approximate surface area is 121 Å². The van der Waals surface area contributed by atoms with Gasteiger partial charge in [-0.3, -0.25) is 0 Å². The molecule has 0 saturated carbocycles. The maximum Gasteiger partial charge on any atom is 0.119 e. The van der Waals surface area contributed by atoms with E-state index in [0.717, 1.165) is 24.4 Å². The topological polar surface area (TPSA) is 21.3 Å². The highest BCUT2D eigenvalue weighted by atomic mass is 16.5. The third-order valence-corrected chi connectivity index (χ3v) is 3.38. The average molecular weight is 269 g/mol. The van der Waals surface area contributed by atoms with Crippen LogP contribution in [0.2, 0.25) is 0 Å². The minimum atomic E-state index is 0.265. The van der Waals surface area contributed by atoms with Crippen LogP contribution < -0.4 is 10.1 Å². The Hall–Kier alpha value is -1.96. The van der Waals surface area contributed by atoms with E-state index in [9.17, 15) is 0 Å². The normalized spacial score (nSPS) is 11.9. The highest BCUT2D eigenvalue weighted by molar-refractivity contribution is 5.46. The molecule has 0 saturated heterocycles. The summed E-state index contributed by atoms with van der Waals surface area (Å²) < 4.78 is 5.77. The molecule has 0 amide bonds. The van der Waals surface area contributed by atoms with Crippen LogP contribution in [0.25, 0.3) is 0 Å². The van der Waals surface area contributed by atoms with Crippen LogP contribution in [0.15, 0.2) is 48.5 Å². The number of rotatable bonds is 6. The van der Waals surface area contributed by atoms with Crippen molar-refractivity contribution in [3.63, 3.8) is 0 Å². The van der Waals surface area contributed by atoms with Crippen molar-refractivity contribution in [2.75, 3.05) is 5.32 Å². The number of nitrogens with one attached hydrogen (secondary N) is 1. The standard InChI is InChI=1S/C18H23NO/c1-4-15(3)20-18-11-9-17(10-12-18)19-13-16-7-5-14(2)6-8-16/h5-12,15,19H,4,13H2,1-3H3. The van der Waals surface area contributed by atoms with Gasteiger partial charge in [0.2, 0.25) is 0 Å². The van der Waals surface area contributed by atoms with Crippen LogP contribution in [0.5, 0.6) is 5.75 Å². The number of aryl methyl sites for hydroxylation is 1. The molecule has 0 bridgehead atoms. The van der Waals surface area contributed by atoms with Gasteiger partial charge in [0.05, 0.1) is 6.10 Å². The highest BCUT2D eigenvalue weighted by Crippen LogP contribution is 2.18. The lowest BCUT2D eigenvalue weighted by molar-refractivity contribution is 0.217. The number of hydrogen-bond donors (Lipinski definition) is 1. The first kappa shape index (κ1) is 14.4. The van der Waals surface area contributed by atoms with Crippen molar-refractivity contribution >= 4 is 5.69 Å². The SMILES string of the molecule is CCC(C)Oc1ccc(NCc2ccc(C)cc2)cc1. The van der Waals surface area contributed by atoms with Crippen molar-refractivity contribution in [3.05, 3.63) is 59.7 Å². The summed E-state index contributed by atoms with van der Waals surface area (Å²) in [4.78, 5) is 0. The first-order valence-electron chi connectivity index (χ1n) is 7.23. The largest absolute Gasteiger partial charge is 0.491 e. The fourth-order valence-electron chi connectivity index (χ4n) is 1.88. The summed E-state index contributed by atoms with van der Waals surface area (Å²) in [5, 5.41) is 3.42. The third kappa shape index (κ3) is 4.30. The smallest absolute Gasteiger partial charge is 0.119 e. The second-order valence-electron chi connectivity index (χ2n) is 5.20. The Bertz CT molecular complexity index is 516. The first-order chi connectivity index (χ1) is 9.67. The molecular formula is C18H23NO. The Morgan fingerprint density at radius 2 is 1.65 bits per heavy atom. The lowest BCUT2D eigenvalue weighted by atomic mass is 10.1. The predicted octanol–water partition coefficient (Wildman–Crippen LogP) is 4.78. The van der Waals surface area contributed by atoms with Crippen LogP contribution in [-0.2, 0) is 6.54 Å². The van der Waals surface area contributed by atoms with E-state index in [1.807, 2.05) is 12.1 Å². The molecule has 0 aliphatic heterocycles. The van der Waals surface area contributed by atoms with Crippen molar-refractivity contribution in [1.82, 2.24) is 0 Å². The second-order valence-corrected chi connectivity index (χ2v) is 5.20. The molecule has 2 aromatic carbocycles. The fraction of sp³-hybridized carbons (Fsp3) is 0.333. The van der Waals surface area contributed by atoms with Crippen molar-refractivity contribution < 1.29 is 4.74 Å². The zero-order valence-corrected chi connectivity index (χ0v) is 12.5. The van der Waals surface area contributed by atoms with Crippen molar-refractivity contribution in [1.29, 1.82) is 0 Å². The predicted molar refractivity (Wildman–Crippen MR) is 85.3 cm³/mol. The van der Waals surface area contributed by atoms with Crippen LogP contribution in [0.4, 0.5) is 5.69 Å². The average Bonchev–Trinajstić information content (AvgIpc) is 2.48. The van der Waals surface area contributed by atoms with E-state index in [2.05, 4.69) is 62.5 Å². The lowest BCUT2D eigenvalue weighted by Crippen LogP contribution is -2.09. The van der Waals surface area contributed by atoms with E-state index in [4.69, 9.17) is 4.74 Å². The van der Waals surface area contributed by atoms with E-state index < -0.39 is 0 Å². The van der Waals surface area contributed by atoms with Gasteiger partial charge in [-0.2, -0.15) is 0 Å².